The molecule has 86 valence electrons. The number of methoxy groups -OCH3 is 2. The van der Waals surface area contributed by atoms with Gasteiger partial charge in [0.25, 0.3) is 0 Å². The van der Waals surface area contributed by atoms with E-state index in [2.05, 4.69) is 0 Å². The number of ether oxygens (including phenoxy) is 2. The summed E-state index contributed by atoms with van der Waals surface area (Å²) in [6.45, 7) is 1.73. The van der Waals surface area contributed by atoms with Gasteiger partial charge in [-0.15, -0.1) is 12.4 Å². The van der Waals surface area contributed by atoms with Crippen molar-refractivity contribution in [1.29, 1.82) is 0 Å². The van der Waals surface area contributed by atoms with E-state index >= 15 is 0 Å². The van der Waals surface area contributed by atoms with E-state index in [9.17, 15) is 0 Å². The summed E-state index contributed by atoms with van der Waals surface area (Å²) in [6.07, 6.45) is 0. The average Bonchev–Trinajstić information content (AvgIpc) is 2.19. The Bertz CT molecular complexity index is 268. The summed E-state index contributed by atoms with van der Waals surface area (Å²) in [5, 5.41) is 0. The van der Waals surface area contributed by atoms with E-state index in [4.69, 9.17) is 15.2 Å². The second-order valence-electron chi connectivity index (χ2n) is 3.12. The molecule has 0 unspecified atom stereocenters. The highest BCUT2D eigenvalue weighted by molar-refractivity contribution is 5.85. The highest BCUT2D eigenvalue weighted by atomic mass is 35.5. The van der Waals surface area contributed by atoms with Crippen LogP contribution in [0.1, 0.15) is 16.7 Å². The van der Waals surface area contributed by atoms with Gasteiger partial charge in [-0.1, -0.05) is 18.2 Å². The summed E-state index contributed by atoms with van der Waals surface area (Å²) in [7, 11) is 3.37. The molecule has 0 atom stereocenters. The van der Waals surface area contributed by atoms with Gasteiger partial charge in [0.15, 0.2) is 0 Å². The molecule has 0 heterocycles. The number of hydrogen-bond acceptors (Lipinski definition) is 3. The Labute approximate surface area is 97.0 Å². The van der Waals surface area contributed by atoms with E-state index in [0.29, 0.717) is 19.8 Å². The fourth-order valence-electron chi connectivity index (χ4n) is 1.53. The van der Waals surface area contributed by atoms with E-state index in [-0.39, 0.29) is 12.4 Å². The first-order valence-electron chi connectivity index (χ1n) is 4.61. The zero-order valence-electron chi connectivity index (χ0n) is 9.16. The van der Waals surface area contributed by atoms with E-state index < -0.39 is 0 Å². The van der Waals surface area contributed by atoms with Crippen LogP contribution >= 0.6 is 12.4 Å². The largest absolute Gasteiger partial charge is 0.380 e. The van der Waals surface area contributed by atoms with Gasteiger partial charge in [-0.05, 0) is 16.7 Å². The zero-order chi connectivity index (χ0) is 10.4. The van der Waals surface area contributed by atoms with Crippen molar-refractivity contribution in [2.45, 2.75) is 19.8 Å². The summed E-state index contributed by atoms with van der Waals surface area (Å²) in [4.78, 5) is 0. The first-order valence-corrected chi connectivity index (χ1v) is 4.61. The Morgan fingerprint density at radius 1 is 1.07 bits per heavy atom. The molecule has 0 saturated heterocycles. The van der Waals surface area contributed by atoms with Gasteiger partial charge < -0.3 is 15.2 Å². The molecule has 0 aliphatic rings. The van der Waals surface area contributed by atoms with Gasteiger partial charge in [0.1, 0.15) is 0 Å². The molecule has 1 rings (SSSR count). The molecular weight excluding hydrogens is 214 g/mol. The van der Waals surface area contributed by atoms with Crippen LogP contribution in [0.2, 0.25) is 0 Å². The van der Waals surface area contributed by atoms with Gasteiger partial charge in [0.05, 0.1) is 13.2 Å². The standard InChI is InChI=1S/C11H17NO2.ClH/c1-13-7-9-4-3-5-10(8-14-2)11(9)6-12;/h3-5H,6-8,12H2,1-2H3;1H. The van der Waals surface area contributed by atoms with Gasteiger partial charge in [0, 0.05) is 20.8 Å². The maximum atomic E-state index is 5.70. The summed E-state index contributed by atoms with van der Waals surface area (Å²) in [5.74, 6) is 0. The Morgan fingerprint density at radius 3 is 1.87 bits per heavy atom. The first kappa shape index (κ1) is 14.4. The monoisotopic (exact) mass is 231 g/mol. The molecule has 0 bridgehead atoms. The molecule has 1 aromatic rings. The molecule has 4 heteroatoms. The Morgan fingerprint density at radius 2 is 1.53 bits per heavy atom. The third kappa shape index (κ3) is 3.80. The Kier molecular flexibility index (Phi) is 7.34. The predicted octanol–water partition coefficient (Wildman–Crippen LogP) is 1.86. The van der Waals surface area contributed by atoms with Crippen molar-refractivity contribution in [3.63, 3.8) is 0 Å². The topological polar surface area (TPSA) is 44.5 Å². The van der Waals surface area contributed by atoms with Crippen LogP contribution in [0.4, 0.5) is 0 Å². The highest BCUT2D eigenvalue weighted by Crippen LogP contribution is 2.16. The molecule has 0 aliphatic carbocycles. The molecule has 0 saturated carbocycles. The highest BCUT2D eigenvalue weighted by Gasteiger charge is 2.05. The van der Waals surface area contributed by atoms with Crippen LogP contribution in [0.5, 0.6) is 0 Å². The smallest absolute Gasteiger partial charge is 0.0716 e. The molecule has 3 nitrogen and oxygen atoms in total. The molecule has 0 spiro atoms. The van der Waals surface area contributed by atoms with Gasteiger partial charge in [0.2, 0.25) is 0 Å². The maximum Gasteiger partial charge on any atom is 0.0716 e. The molecule has 2 N–H and O–H groups in total. The minimum Gasteiger partial charge on any atom is -0.380 e. The van der Waals surface area contributed by atoms with E-state index in [1.807, 2.05) is 18.2 Å². The number of nitrogens with two attached hydrogens (primary N) is 1. The molecule has 0 aromatic heterocycles. The fraction of sp³-hybridized carbons (Fsp3) is 0.455. The van der Waals surface area contributed by atoms with Crippen LogP contribution in [0.25, 0.3) is 0 Å². The molecule has 0 radical (unpaired) electrons. The third-order valence-corrected chi connectivity index (χ3v) is 2.17. The lowest BCUT2D eigenvalue weighted by atomic mass is 10.0. The molecule has 15 heavy (non-hydrogen) atoms. The normalized spacial score (nSPS) is 9.80. The van der Waals surface area contributed by atoms with Crippen LogP contribution in [0.3, 0.4) is 0 Å². The quantitative estimate of drug-likeness (QED) is 0.842. The van der Waals surface area contributed by atoms with Crippen LogP contribution in [0, 0.1) is 0 Å². The molecule has 0 aliphatic heterocycles. The summed E-state index contributed by atoms with van der Waals surface area (Å²) in [5.41, 5.74) is 9.12. The van der Waals surface area contributed by atoms with Crippen LogP contribution in [-0.2, 0) is 29.2 Å². The second-order valence-corrected chi connectivity index (χ2v) is 3.12. The number of halogens is 1. The van der Waals surface area contributed by atoms with Gasteiger partial charge in [-0.25, -0.2) is 0 Å². The van der Waals surface area contributed by atoms with Crippen LogP contribution in [0.15, 0.2) is 18.2 Å². The Balaban J connectivity index is 0.00000196. The van der Waals surface area contributed by atoms with Crippen molar-refractivity contribution < 1.29 is 9.47 Å². The van der Waals surface area contributed by atoms with Gasteiger partial charge in [-0.2, -0.15) is 0 Å². The van der Waals surface area contributed by atoms with Crippen LogP contribution < -0.4 is 5.73 Å². The lowest BCUT2D eigenvalue weighted by Gasteiger charge is -2.12. The SMILES string of the molecule is COCc1cccc(COC)c1CN.Cl. The van der Waals surface area contributed by atoms with E-state index in [1.54, 1.807) is 14.2 Å². The molecule has 1 aromatic carbocycles. The summed E-state index contributed by atoms with van der Waals surface area (Å²) < 4.78 is 10.2. The fourth-order valence-corrected chi connectivity index (χ4v) is 1.53. The van der Waals surface area contributed by atoms with E-state index in [0.717, 1.165) is 16.7 Å². The second kappa shape index (κ2) is 7.65. The minimum atomic E-state index is 0. The lowest BCUT2D eigenvalue weighted by molar-refractivity contribution is 0.178. The first-order chi connectivity index (χ1) is 6.83. The molecule has 0 amide bonds. The average molecular weight is 232 g/mol. The summed E-state index contributed by atoms with van der Waals surface area (Å²) in [6, 6.07) is 6.07. The van der Waals surface area contributed by atoms with Gasteiger partial charge in [-0.3, -0.25) is 0 Å². The number of benzene rings is 1. The van der Waals surface area contributed by atoms with Crippen molar-refractivity contribution in [2.24, 2.45) is 5.73 Å². The van der Waals surface area contributed by atoms with Crippen molar-refractivity contribution >= 4 is 12.4 Å². The molecular formula is C11H18ClNO2. The maximum absolute atomic E-state index is 5.70. The summed E-state index contributed by atoms with van der Waals surface area (Å²) >= 11 is 0. The predicted molar refractivity (Wildman–Crippen MR) is 63.0 cm³/mol. The number of rotatable bonds is 5. The lowest BCUT2D eigenvalue weighted by Crippen LogP contribution is -2.07. The number of hydrogen-bond donors (Lipinski definition) is 1. The van der Waals surface area contributed by atoms with Crippen molar-refractivity contribution in [1.82, 2.24) is 0 Å². The minimum absolute atomic E-state index is 0. The molecule has 0 fully saturated rings. The van der Waals surface area contributed by atoms with Crippen LogP contribution in [-0.4, -0.2) is 14.2 Å². The third-order valence-electron chi connectivity index (χ3n) is 2.17. The van der Waals surface area contributed by atoms with Gasteiger partial charge >= 0.3 is 0 Å². The Hall–Kier alpha value is -0.610. The van der Waals surface area contributed by atoms with Crippen molar-refractivity contribution in [2.75, 3.05) is 14.2 Å². The van der Waals surface area contributed by atoms with Crippen molar-refractivity contribution in [3.05, 3.63) is 34.9 Å². The van der Waals surface area contributed by atoms with E-state index in [1.165, 1.54) is 0 Å². The van der Waals surface area contributed by atoms with Crippen molar-refractivity contribution in [3.8, 4) is 0 Å². The zero-order valence-corrected chi connectivity index (χ0v) is 9.97.